The first-order valence-corrected chi connectivity index (χ1v) is 0. The molecule has 1 radical (unpaired) electrons. The van der Waals surface area contributed by atoms with Crippen molar-refractivity contribution in [3.8, 4) is 0 Å². The molecule has 0 spiro atoms. The van der Waals surface area contributed by atoms with Gasteiger partial charge < -0.3 is 2.85 Å². The molecule has 0 heterocycles. The van der Waals surface area contributed by atoms with Crippen LogP contribution in [-0.2, 0) is 33.6 Å². The predicted molar refractivity (Wildman–Crippen MR) is 19.3 cm³/mol. The van der Waals surface area contributed by atoms with Crippen LogP contribution in [0.3, 0.4) is 0 Å². The Kier molecular flexibility index (Phi) is 188. The third kappa shape index (κ3) is 9.00. The van der Waals surface area contributed by atoms with Crippen molar-refractivity contribution in [2.75, 3.05) is 0 Å². The molecule has 0 bridgehead atoms. The van der Waals surface area contributed by atoms with E-state index in [1.807, 2.05) is 0 Å². The maximum absolute atomic E-state index is 0. The molecule has 0 aromatic heterocycles. The summed E-state index contributed by atoms with van der Waals surface area (Å²) in [5.74, 6) is 0. The van der Waals surface area contributed by atoms with Gasteiger partial charge in [-0.05, 0) is 11.0 Å². The van der Waals surface area contributed by atoms with Crippen LogP contribution in [0.25, 0.3) is 0 Å². The number of hydrogen-bond donors (Lipinski definition) is 0. The van der Waals surface area contributed by atoms with Crippen molar-refractivity contribution >= 4 is 34.0 Å². The molecule has 0 amide bonds. The van der Waals surface area contributed by atoms with Crippen molar-refractivity contribution in [1.82, 2.24) is 0 Å². The summed E-state index contributed by atoms with van der Waals surface area (Å²) in [4.78, 5) is 0. The smallest absolute Gasteiger partial charge is 1.00 e. The summed E-state index contributed by atoms with van der Waals surface area (Å²) in [6.45, 7) is 0. The van der Waals surface area contributed by atoms with Gasteiger partial charge in [-0.15, -0.1) is 0 Å². The topological polar surface area (TPSA) is 0 Å². The zero-order valence-corrected chi connectivity index (χ0v) is 4.98. The molecule has 0 atom stereocenters. The molecule has 0 aliphatic rings. The van der Waals surface area contributed by atoms with E-state index in [1.54, 1.807) is 0 Å². The Balaban J connectivity index is 0. The SMILES string of the molecule is [H-].[H-].[Mg+2].[Mn].[Ni].[SiH4]. The summed E-state index contributed by atoms with van der Waals surface area (Å²) >= 11 is 0. The zero-order valence-electron chi connectivity index (χ0n) is 3.40. The van der Waals surface area contributed by atoms with Gasteiger partial charge in [0.15, 0.2) is 0 Å². The quantitative estimate of drug-likeness (QED) is 0.385. The van der Waals surface area contributed by atoms with Crippen LogP contribution in [-0.4, -0.2) is 34.0 Å². The molecule has 0 aliphatic carbocycles. The Hall–Kier alpha value is 2.00. The van der Waals surface area contributed by atoms with Crippen molar-refractivity contribution in [3.63, 3.8) is 0 Å². The van der Waals surface area contributed by atoms with Crippen LogP contribution in [0, 0.1) is 0 Å². The molecule has 0 aliphatic heterocycles. The van der Waals surface area contributed by atoms with Crippen molar-refractivity contribution < 1.29 is 36.4 Å². The van der Waals surface area contributed by atoms with E-state index in [0.717, 1.165) is 0 Å². The molecule has 0 nitrogen and oxygen atoms in total. The van der Waals surface area contributed by atoms with Crippen LogP contribution in [0.1, 0.15) is 2.85 Å². The normalized spacial score (nSPS) is 0. The fourth-order valence-electron chi connectivity index (χ4n) is 0. The Morgan fingerprint density at radius 3 is 1.25 bits per heavy atom. The van der Waals surface area contributed by atoms with Gasteiger partial charge >= 0.3 is 23.1 Å². The largest absolute Gasteiger partial charge is 2.00 e. The van der Waals surface area contributed by atoms with Gasteiger partial charge in [0.05, 0.1) is 0 Å². The molecule has 4 heteroatoms. The standard InChI is InChI=1S/Mg.Mn.Ni.H4Si.2H/h;;;1H4;;/q+2;;;;2*-1. The second-order valence-electron chi connectivity index (χ2n) is 0. The van der Waals surface area contributed by atoms with Gasteiger partial charge in [0, 0.05) is 33.6 Å². The Bertz CT molecular complexity index is 13.5. The molecule has 0 aromatic rings. The summed E-state index contributed by atoms with van der Waals surface area (Å²) in [7, 11) is 0. The molecule has 0 N–H and O–H groups in total. The van der Waals surface area contributed by atoms with Gasteiger partial charge in [-0.25, -0.2) is 0 Å². The maximum Gasteiger partial charge on any atom is 2.00 e. The molecule has 0 aromatic carbocycles. The predicted octanol–water partition coefficient (Wildman–Crippen LogP) is -1.61. The average Bonchev–Trinajstić information content (AvgIpc) is 0. The van der Waals surface area contributed by atoms with E-state index in [1.165, 1.54) is 0 Å². The van der Waals surface area contributed by atoms with Gasteiger partial charge in [0.25, 0.3) is 0 Å². The Labute approximate surface area is 70.0 Å². The second-order valence-corrected chi connectivity index (χ2v) is 0. The first kappa shape index (κ1) is 37.6. The first-order valence-electron chi connectivity index (χ1n) is 0. The van der Waals surface area contributed by atoms with E-state index >= 15 is 0 Å². The molecular weight excluding hydrogens is 166 g/mol. The van der Waals surface area contributed by atoms with Crippen molar-refractivity contribution in [2.45, 2.75) is 0 Å². The molecule has 0 rings (SSSR count). The van der Waals surface area contributed by atoms with Crippen molar-refractivity contribution in [3.05, 3.63) is 0 Å². The molecule has 0 fully saturated rings. The van der Waals surface area contributed by atoms with Crippen LogP contribution >= 0.6 is 0 Å². The maximum atomic E-state index is 0. The molecule has 29 valence electrons. The van der Waals surface area contributed by atoms with Gasteiger partial charge in [0.2, 0.25) is 0 Å². The minimum Gasteiger partial charge on any atom is -1.00 e. The van der Waals surface area contributed by atoms with Gasteiger partial charge in [-0.3, -0.25) is 0 Å². The second kappa shape index (κ2) is 20.0. The van der Waals surface area contributed by atoms with Crippen molar-refractivity contribution in [1.29, 1.82) is 0 Å². The third-order valence-corrected chi connectivity index (χ3v) is 0. The van der Waals surface area contributed by atoms with Gasteiger partial charge in [-0.2, -0.15) is 0 Å². The van der Waals surface area contributed by atoms with E-state index in [0.29, 0.717) is 0 Å². The third-order valence-electron chi connectivity index (χ3n) is 0. The fraction of sp³-hybridized carbons (Fsp3) is 0. The minimum atomic E-state index is 0. The number of rotatable bonds is 0. The zero-order chi connectivity index (χ0) is 0. The molecule has 4 heavy (non-hydrogen) atoms. The van der Waals surface area contributed by atoms with E-state index in [2.05, 4.69) is 0 Å². The monoisotopic (exact) mass is 171 g/mol. The summed E-state index contributed by atoms with van der Waals surface area (Å²) in [6.07, 6.45) is 0. The minimum absolute atomic E-state index is 0. The van der Waals surface area contributed by atoms with Gasteiger partial charge in [0.1, 0.15) is 0 Å². The number of hydrogen-bond acceptors (Lipinski definition) is 0. The van der Waals surface area contributed by atoms with E-state index < -0.39 is 0 Å². The first-order chi connectivity index (χ1) is 0. The van der Waals surface area contributed by atoms with Crippen LogP contribution in [0.15, 0.2) is 0 Å². The average molecular weight is 172 g/mol. The summed E-state index contributed by atoms with van der Waals surface area (Å²) < 4.78 is 0. The molecular formula is H6MgMnNiSi. The van der Waals surface area contributed by atoms with Crippen LogP contribution in [0.4, 0.5) is 0 Å². The Morgan fingerprint density at radius 2 is 1.25 bits per heavy atom. The van der Waals surface area contributed by atoms with Crippen LogP contribution in [0.2, 0.25) is 0 Å². The van der Waals surface area contributed by atoms with Gasteiger partial charge in [-0.1, -0.05) is 0 Å². The summed E-state index contributed by atoms with van der Waals surface area (Å²) in [5.41, 5.74) is 0. The molecule has 0 unspecified atom stereocenters. The molecule has 0 saturated carbocycles. The van der Waals surface area contributed by atoms with E-state index in [4.69, 9.17) is 0 Å². The summed E-state index contributed by atoms with van der Waals surface area (Å²) in [6, 6.07) is 0. The Morgan fingerprint density at radius 1 is 1.25 bits per heavy atom. The fourth-order valence-corrected chi connectivity index (χ4v) is 0. The summed E-state index contributed by atoms with van der Waals surface area (Å²) in [5, 5.41) is 0. The van der Waals surface area contributed by atoms with E-state index in [-0.39, 0.29) is 70.4 Å². The van der Waals surface area contributed by atoms with Crippen LogP contribution in [0.5, 0.6) is 0 Å². The van der Waals surface area contributed by atoms with E-state index in [9.17, 15) is 0 Å². The van der Waals surface area contributed by atoms with Crippen molar-refractivity contribution in [2.24, 2.45) is 0 Å². The molecule has 0 saturated heterocycles. The van der Waals surface area contributed by atoms with Crippen LogP contribution < -0.4 is 0 Å².